The molecule has 3 N–H and O–H groups in total. The fraction of sp³-hybridized carbons (Fsp3) is 0.500. The number of aliphatic imine (C=N–C) groups is 1. The van der Waals surface area contributed by atoms with Gasteiger partial charge in [-0.05, 0) is 22.6 Å². The third kappa shape index (κ3) is 1.95. The second-order valence-electron chi connectivity index (χ2n) is 2.02. The standard InChI is InChI=1S/C6H10IN3/c7-5(3-8)6-4-9-1-2-10-6/h3,9H,1-2,4,8H2. The fourth-order valence-electron chi connectivity index (χ4n) is 0.789. The van der Waals surface area contributed by atoms with E-state index in [2.05, 4.69) is 32.9 Å². The van der Waals surface area contributed by atoms with Crippen LogP contribution in [0.4, 0.5) is 0 Å². The lowest BCUT2D eigenvalue weighted by Gasteiger charge is -2.11. The molecule has 1 aliphatic heterocycles. The molecule has 1 heterocycles. The lowest BCUT2D eigenvalue weighted by atomic mass is 10.3. The number of nitrogens with two attached hydrogens (primary N) is 1. The molecular formula is C6H10IN3. The number of hydrogen-bond acceptors (Lipinski definition) is 3. The fourth-order valence-corrected chi connectivity index (χ4v) is 1.15. The van der Waals surface area contributed by atoms with Crippen LogP contribution in [0.5, 0.6) is 0 Å². The van der Waals surface area contributed by atoms with Crippen molar-refractivity contribution in [1.29, 1.82) is 0 Å². The summed E-state index contributed by atoms with van der Waals surface area (Å²) in [5, 5.41) is 3.22. The molecule has 10 heavy (non-hydrogen) atoms. The molecule has 56 valence electrons. The molecule has 0 saturated carbocycles. The predicted octanol–water partition coefficient (Wildman–Crippen LogP) is 0.266. The summed E-state index contributed by atoms with van der Waals surface area (Å²) in [6, 6.07) is 0. The van der Waals surface area contributed by atoms with Crippen LogP contribution in [0.1, 0.15) is 0 Å². The second kappa shape index (κ2) is 3.92. The first-order valence-electron chi connectivity index (χ1n) is 3.16. The quantitative estimate of drug-likeness (QED) is 0.657. The van der Waals surface area contributed by atoms with Crippen LogP contribution < -0.4 is 11.1 Å². The van der Waals surface area contributed by atoms with Gasteiger partial charge in [0.15, 0.2) is 0 Å². The summed E-state index contributed by atoms with van der Waals surface area (Å²) in [5.74, 6) is 0. The Balaban J connectivity index is 2.62. The van der Waals surface area contributed by atoms with E-state index in [0.29, 0.717) is 0 Å². The summed E-state index contributed by atoms with van der Waals surface area (Å²) < 4.78 is 1.05. The topological polar surface area (TPSA) is 50.4 Å². The highest BCUT2D eigenvalue weighted by molar-refractivity contribution is 14.1. The molecule has 0 amide bonds. The molecule has 0 saturated heterocycles. The first-order valence-corrected chi connectivity index (χ1v) is 4.24. The van der Waals surface area contributed by atoms with Gasteiger partial charge in [0, 0.05) is 19.3 Å². The van der Waals surface area contributed by atoms with Gasteiger partial charge in [-0.1, -0.05) is 0 Å². The van der Waals surface area contributed by atoms with Crippen molar-refractivity contribution in [3.63, 3.8) is 0 Å². The highest BCUT2D eigenvalue weighted by Gasteiger charge is 2.05. The third-order valence-corrected chi connectivity index (χ3v) is 2.29. The number of hydrogen-bond donors (Lipinski definition) is 2. The normalized spacial score (nSPS) is 20.5. The van der Waals surface area contributed by atoms with Gasteiger partial charge in [-0.2, -0.15) is 0 Å². The lowest BCUT2D eigenvalue weighted by Crippen LogP contribution is -2.30. The molecule has 3 nitrogen and oxygen atoms in total. The maximum absolute atomic E-state index is 5.32. The summed E-state index contributed by atoms with van der Waals surface area (Å²) in [6.45, 7) is 2.71. The van der Waals surface area contributed by atoms with Crippen LogP contribution in [0.3, 0.4) is 0 Å². The van der Waals surface area contributed by atoms with E-state index in [4.69, 9.17) is 5.73 Å². The molecule has 0 radical (unpaired) electrons. The van der Waals surface area contributed by atoms with Gasteiger partial charge >= 0.3 is 0 Å². The van der Waals surface area contributed by atoms with E-state index in [1.165, 1.54) is 0 Å². The number of rotatable bonds is 1. The van der Waals surface area contributed by atoms with Crippen molar-refractivity contribution in [3.05, 3.63) is 9.78 Å². The van der Waals surface area contributed by atoms with Crippen LogP contribution in [-0.4, -0.2) is 25.3 Å². The molecule has 0 atom stereocenters. The van der Waals surface area contributed by atoms with E-state index in [9.17, 15) is 0 Å². The molecule has 0 aromatic rings. The van der Waals surface area contributed by atoms with Crippen LogP contribution in [0, 0.1) is 0 Å². The van der Waals surface area contributed by atoms with Crippen molar-refractivity contribution in [2.75, 3.05) is 19.6 Å². The highest BCUT2D eigenvalue weighted by Crippen LogP contribution is 2.07. The smallest absolute Gasteiger partial charge is 0.0634 e. The molecule has 0 unspecified atom stereocenters. The van der Waals surface area contributed by atoms with Gasteiger partial charge in [0.2, 0.25) is 0 Å². The van der Waals surface area contributed by atoms with E-state index in [1.54, 1.807) is 6.20 Å². The van der Waals surface area contributed by atoms with Crippen LogP contribution in [-0.2, 0) is 0 Å². The van der Waals surface area contributed by atoms with E-state index in [-0.39, 0.29) is 0 Å². The van der Waals surface area contributed by atoms with Gasteiger partial charge in [-0.25, -0.2) is 0 Å². The summed E-state index contributed by atoms with van der Waals surface area (Å²) >= 11 is 2.19. The first kappa shape index (κ1) is 8.00. The van der Waals surface area contributed by atoms with Gasteiger partial charge in [0.1, 0.15) is 0 Å². The summed E-state index contributed by atoms with van der Waals surface area (Å²) in [7, 11) is 0. The molecule has 1 rings (SSSR count). The minimum atomic E-state index is 0.853. The molecular weight excluding hydrogens is 241 g/mol. The molecule has 0 aromatic heterocycles. The Labute approximate surface area is 73.9 Å². The SMILES string of the molecule is NC=C(I)C1=NCCNC1. The zero-order chi connectivity index (χ0) is 7.40. The average molecular weight is 251 g/mol. The van der Waals surface area contributed by atoms with Crippen molar-refractivity contribution in [2.24, 2.45) is 10.7 Å². The van der Waals surface area contributed by atoms with Crippen molar-refractivity contribution >= 4 is 28.3 Å². The monoisotopic (exact) mass is 251 g/mol. The Hall–Kier alpha value is -0.100. The first-order chi connectivity index (χ1) is 4.84. The van der Waals surface area contributed by atoms with Crippen molar-refractivity contribution < 1.29 is 0 Å². The van der Waals surface area contributed by atoms with Gasteiger partial charge in [0.25, 0.3) is 0 Å². The molecule has 0 fully saturated rings. The Kier molecular flexibility index (Phi) is 3.14. The van der Waals surface area contributed by atoms with E-state index in [0.717, 1.165) is 28.9 Å². The Morgan fingerprint density at radius 2 is 2.60 bits per heavy atom. The Morgan fingerprint density at radius 3 is 3.10 bits per heavy atom. The maximum Gasteiger partial charge on any atom is 0.0634 e. The van der Waals surface area contributed by atoms with E-state index < -0.39 is 0 Å². The lowest BCUT2D eigenvalue weighted by molar-refractivity contribution is 0.738. The molecule has 0 aliphatic carbocycles. The Bertz CT molecular complexity index is 174. The molecule has 4 heteroatoms. The highest BCUT2D eigenvalue weighted by atomic mass is 127. The molecule has 1 aliphatic rings. The molecule has 0 aromatic carbocycles. The minimum absolute atomic E-state index is 0.853. The van der Waals surface area contributed by atoms with Gasteiger partial charge in [0.05, 0.1) is 15.8 Å². The van der Waals surface area contributed by atoms with Gasteiger partial charge < -0.3 is 11.1 Å². The summed E-state index contributed by atoms with van der Waals surface area (Å²) in [5.41, 5.74) is 6.40. The maximum atomic E-state index is 5.32. The van der Waals surface area contributed by atoms with Crippen molar-refractivity contribution in [2.45, 2.75) is 0 Å². The van der Waals surface area contributed by atoms with Crippen molar-refractivity contribution in [1.82, 2.24) is 5.32 Å². The molecule has 0 spiro atoms. The summed E-state index contributed by atoms with van der Waals surface area (Å²) in [6.07, 6.45) is 1.59. The predicted molar refractivity (Wildman–Crippen MR) is 51.5 cm³/mol. The van der Waals surface area contributed by atoms with E-state index in [1.807, 2.05) is 0 Å². The Morgan fingerprint density at radius 1 is 1.80 bits per heavy atom. The van der Waals surface area contributed by atoms with Crippen LogP contribution >= 0.6 is 22.6 Å². The van der Waals surface area contributed by atoms with E-state index >= 15 is 0 Å². The van der Waals surface area contributed by atoms with Crippen LogP contribution in [0.15, 0.2) is 14.8 Å². The van der Waals surface area contributed by atoms with Crippen molar-refractivity contribution in [3.8, 4) is 0 Å². The number of nitrogens with one attached hydrogen (secondary N) is 1. The van der Waals surface area contributed by atoms with Crippen LogP contribution in [0.2, 0.25) is 0 Å². The second-order valence-corrected chi connectivity index (χ2v) is 3.18. The largest absolute Gasteiger partial charge is 0.404 e. The number of halogens is 1. The van der Waals surface area contributed by atoms with Gasteiger partial charge in [-0.3, -0.25) is 4.99 Å². The average Bonchev–Trinajstić information content (AvgIpc) is 2.05. The minimum Gasteiger partial charge on any atom is -0.404 e. The third-order valence-electron chi connectivity index (χ3n) is 1.31. The van der Waals surface area contributed by atoms with Gasteiger partial charge in [-0.15, -0.1) is 0 Å². The van der Waals surface area contributed by atoms with Crippen LogP contribution in [0.25, 0.3) is 0 Å². The zero-order valence-electron chi connectivity index (χ0n) is 5.60. The number of nitrogens with zero attached hydrogens (tertiary/aromatic N) is 1. The summed E-state index contributed by atoms with van der Waals surface area (Å²) in [4.78, 5) is 4.30. The molecule has 0 bridgehead atoms. The zero-order valence-corrected chi connectivity index (χ0v) is 7.76.